The van der Waals surface area contributed by atoms with Crippen molar-refractivity contribution in [3.63, 3.8) is 0 Å². The van der Waals surface area contributed by atoms with E-state index in [-0.39, 0.29) is 13.0 Å². The molecule has 0 amide bonds. The first-order valence-electron chi connectivity index (χ1n) is 6.62. The van der Waals surface area contributed by atoms with Crippen molar-refractivity contribution in [1.29, 1.82) is 0 Å². The minimum atomic E-state index is -1.57. The van der Waals surface area contributed by atoms with E-state index in [2.05, 4.69) is 0 Å². The molecule has 2 rings (SSSR count). The standard InChI is InChI=1S/C12H22O8/c1-5-8(15)10(17)12(2,19-5)20-11-9(16)7(14)3-6(4-13)18-11/h5-11,13-17H,3-4H2,1-2H3/t5-,6+,7+,8-,9-,10+,11-,12+/m1/s1. The van der Waals surface area contributed by atoms with Crippen molar-refractivity contribution in [2.75, 3.05) is 6.61 Å². The molecule has 0 aromatic heterocycles. The van der Waals surface area contributed by atoms with Gasteiger partial charge in [-0.2, -0.15) is 0 Å². The van der Waals surface area contributed by atoms with E-state index in [9.17, 15) is 20.4 Å². The van der Waals surface area contributed by atoms with Crippen LogP contribution in [0.25, 0.3) is 0 Å². The van der Waals surface area contributed by atoms with Crippen LogP contribution in [0.4, 0.5) is 0 Å². The zero-order valence-electron chi connectivity index (χ0n) is 11.4. The molecular weight excluding hydrogens is 272 g/mol. The van der Waals surface area contributed by atoms with Crippen LogP contribution in [0.5, 0.6) is 0 Å². The maximum atomic E-state index is 9.94. The monoisotopic (exact) mass is 294 g/mol. The molecule has 2 saturated heterocycles. The maximum absolute atomic E-state index is 9.94. The number of ether oxygens (including phenoxy) is 3. The predicted molar refractivity (Wildman–Crippen MR) is 64.4 cm³/mol. The van der Waals surface area contributed by atoms with Gasteiger partial charge in [0.25, 0.3) is 0 Å². The van der Waals surface area contributed by atoms with Crippen LogP contribution in [-0.2, 0) is 14.2 Å². The second kappa shape index (κ2) is 5.82. The number of aliphatic hydroxyl groups excluding tert-OH is 5. The molecule has 2 aliphatic heterocycles. The molecule has 2 fully saturated rings. The minimum Gasteiger partial charge on any atom is -0.394 e. The highest BCUT2D eigenvalue weighted by Gasteiger charge is 2.53. The van der Waals surface area contributed by atoms with Crippen molar-refractivity contribution in [2.24, 2.45) is 0 Å². The second-order valence-corrected chi connectivity index (χ2v) is 5.49. The van der Waals surface area contributed by atoms with Gasteiger partial charge in [0.1, 0.15) is 18.3 Å². The molecule has 0 aromatic carbocycles. The highest BCUT2D eigenvalue weighted by molar-refractivity contribution is 4.94. The number of hydrogen-bond donors (Lipinski definition) is 5. The smallest absolute Gasteiger partial charge is 0.197 e. The molecule has 0 bridgehead atoms. The van der Waals surface area contributed by atoms with Crippen LogP contribution >= 0.6 is 0 Å². The number of hydrogen-bond acceptors (Lipinski definition) is 8. The highest BCUT2D eigenvalue weighted by Crippen LogP contribution is 2.35. The summed E-state index contributed by atoms with van der Waals surface area (Å²) in [6, 6.07) is 0. The van der Waals surface area contributed by atoms with Crippen molar-refractivity contribution >= 4 is 0 Å². The number of aliphatic hydroxyl groups is 5. The Morgan fingerprint density at radius 3 is 2.35 bits per heavy atom. The van der Waals surface area contributed by atoms with Crippen LogP contribution in [0.15, 0.2) is 0 Å². The molecule has 0 radical (unpaired) electrons. The lowest BCUT2D eigenvalue weighted by Crippen LogP contribution is -2.55. The van der Waals surface area contributed by atoms with Gasteiger partial charge in [-0.15, -0.1) is 0 Å². The van der Waals surface area contributed by atoms with E-state index in [0.717, 1.165) is 0 Å². The van der Waals surface area contributed by atoms with E-state index in [1.54, 1.807) is 6.92 Å². The lowest BCUT2D eigenvalue weighted by molar-refractivity contribution is -0.360. The molecule has 0 aromatic rings. The largest absolute Gasteiger partial charge is 0.394 e. The van der Waals surface area contributed by atoms with E-state index in [1.807, 2.05) is 0 Å². The van der Waals surface area contributed by atoms with Gasteiger partial charge in [0.05, 0.1) is 24.9 Å². The van der Waals surface area contributed by atoms with Crippen molar-refractivity contribution < 1.29 is 39.7 Å². The van der Waals surface area contributed by atoms with Crippen LogP contribution in [0.3, 0.4) is 0 Å². The molecule has 118 valence electrons. The van der Waals surface area contributed by atoms with Gasteiger partial charge in [0.15, 0.2) is 12.1 Å². The molecule has 2 aliphatic rings. The Labute approximate surface area is 116 Å². The van der Waals surface area contributed by atoms with Crippen LogP contribution < -0.4 is 0 Å². The highest BCUT2D eigenvalue weighted by atomic mass is 16.8. The fourth-order valence-corrected chi connectivity index (χ4v) is 2.53. The summed E-state index contributed by atoms with van der Waals surface area (Å²) in [5.74, 6) is -1.57. The fourth-order valence-electron chi connectivity index (χ4n) is 2.53. The Kier molecular flexibility index (Phi) is 4.67. The first-order chi connectivity index (χ1) is 9.28. The van der Waals surface area contributed by atoms with Gasteiger partial charge in [-0.1, -0.05) is 0 Å². The van der Waals surface area contributed by atoms with Crippen molar-refractivity contribution in [1.82, 2.24) is 0 Å². The van der Waals surface area contributed by atoms with Crippen LogP contribution in [0.2, 0.25) is 0 Å². The van der Waals surface area contributed by atoms with Crippen molar-refractivity contribution in [3.05, 3.63) is 0 Å². The van der Waals surface area contributed by atoms with E-state index >= 15 is 0 Å². The van der Waals surface area contributed by atoms with Crippen LogP contribution in [0.1, 0.15) is 20.3 Å². The van der Waals surface area contributed by atoms with Gasteiger partial charge in [-0.05, 0) is 13.8 Å². The summed E-state index contributed by atoms with van der Waals surface area (Å²) in [4.78, 5) is 0. The molecule has 5 N–H and O–H groups in total. The molecular formula is C12H22O8. The molecule has 8 nitrogen and oxygen atoms in total. The molecule has 0 aliphatic carbocycles. The topological polar surface area (TPSA) is 129 Å². The Morgan fingerprint density at radius 1 is 1.20 bits per heavy atom. The van der Waals surface area contributed by atoms with Gasteiger partial charge in [0, 0.05) is 6.42 Å². The Bertz CT molecular complexity index is 339. The van der Waals surface area contributed by atoms with E-state index in [0.29, 0.717) is 0 Å². The molecule has 8 heteroatoms. The van der Waals surface area contributed by atoms with E-state index in [1.165, 1.54) is 6.92 Å². The quantitative estimate of drug-likeness (QED) is 0.393. The Balaban J connectivity index is 2.08. The molecule has 0 unspecified atom stereocenters. The van der Waals surface area contributed by atoms with Crippen LogP contribution in [-0.4, -0.2) is 80.8 Å². The average Bonchev–Trinajstić information content (AvgIpc) is 2.58. The Hall–Kier alpha value is -0.320. The third kappa shape index (κ3) is 2.83. The molecule has 8 atom stereocenters. The predicted octanol–water partition coefficient (Wildman–Crippen LogP) is -2.31. The Morgan fingerprint density at radius 2 is 1.85 bits per heavy atom. The zero-order valence-corrected chi connectivity index (χ0v) is 11.4. The SMILES string of the molecule is C[C@H]1O[C@@](C)(O[C@H]2O[C@H](CO)C[C@H](O)[C@H]2O)[C@@H](O)[C@@H]1O. The molecule has 0 spiro atoms. The summed E-state index contributed by atoms with van der Waals surface area (Å²) in [7, 11) is 0. The molecule has 0 saturated carbocycles. The summed E-state index contributed by atoms with van der Waals surface area (Å²) in [5.41, 5.74) is 0. The average molecular weight is 294 g/mol. The first kappa shape index (κ1) is 16.1. The second-order valence-electron chi connectivity index (χ2n) is 5.49. The van der Waals surface area contributed by atoms with Gasteiger partial charge in [-0.25, -0.2) is 0 Å². The molecule has 2 heterocycles. The van der Waals surface area contributed by atoms with Gasteiger partial charge in [-0.3, -0.25) is 0 Å². The summed E-state index contributed by atoms with van der Waals surface area (Å²) >= 11 is 0. The van der Waals surface area contributed by atoms with Gasteiger partial charge < -0.3 is 39.7 Å². The van der Waals surface area contributed by atoms with E-state index in [4.69, 9.17) is 19.3 Å². The minimum absolute atomic E-state index is 0.0800. The van der Waals surface area contributed by atoms with Crippen molar-refractivity contribution in [2.45, 2.75) is 69.0 Å². The fraction of sp³-hybridized carbons (Fsp3) is 1.00. The normalized spacial score (nSPS) is 53.2. The third-order valence-corrected chi connectivity index (χ3v) is 3.82. The lowest BCUT2D eigenvalue weighted by Gasteiger charge is -2.40. The summed E-state index contributed by atoms with van der Waals surface area (Å²) in [6.45, 7) is 2.66. The summed E-state index contributed by atoms with van der Waals surface area (Å²) < 4.78 is 16.1. The van der Waals surface area contributed by atoms with Gasteiger partial charge in [0.2, 0.25) is 0 Å². The lowest BCUT2D eigenvalue weighted by atomic mass is 10.0. The van der Waals surface area contributed by atoms with Crippen LogP contribution in [0, 0.1) is 0 Å². The number of rotatable bonds is 3. The van der Waals surface area contributed by atoms with Gasteiger partial charge >= 0.3 is 0 Å². The third-order valence-electron chi connectivity index (χ3n) is 3.82. The summed E-state index contributed by atoms with van der Waals surface area (Å²) in [5, 5.41) is 48.3. The first-order valence-corrected chi connectivity index (χ1v) is 6.62. The summed E-state index contributed by atoms with van der Waals surface area (Å²) in [6.07, 6.45) is -7.41. The zero-order chi connectivity index (χ0) is 15.1. The molecule has 20 heavy (non-hydrogen) atoms. The maximum Gasteiger partial charge on any atom is 0.197 e. The van der Waals surface area contributed by atoms with E-state index < -0.39 is 48.7 Å². The van der Waals surface area contributed by atoms with Crippen molar-refractivity contribution in [3.8, 4) is 0 Å².